The maximum atomic E-state index is 12.0. The lowest BCUT2D eigenvalue weighted by molar-refractivity contribution is 0.0623. The molecule has 78 valence electrons. The number of likely N-dealkylation sites (tertiary alicyclic amines) is 1. The second kappa shape index (κ2) is 4.86. The van der Waals surface area contributed by atoms with Crippen LogP contribution < -0.4 is 0 Å². The van der Waals surface area contributed by atoms with Gasteiger partial charge in [-0.15, -0.1) is 0 Å². The van der Waals surface area contributed by atoms with Crippen LogP contribution in [0.15, 0.2) is 0 Å². The molecule has 0 amide bonds. The molecule has 0 aromatic heterocycles. The fraction of sp³-hybridized carbons (Fsp3) is 1.00. The average Bonchev–Trinajstić information content (AvgIpc) is 2.04. The van der Waals surface area contributed by atoms with Gasteiger partial charge in [0.25, 0.3) is 6.43 Å². The zero-order valence-electron chi connectivity index (χ0n) is 8.34. The summed E-state index contributed by atoms with van der Waals surface area (Å²) in [6.07, 6.45) is -0.157. The van der Waals surface area contributed by atoms with Gasteiger partial charge in [0.05, 0.1) is 6.54 Å². The molecule has 0 spiro atoms. The summed E-state index contributed by atoms with van der Waals surface area (Å²) in [6.45, 7) is 1.57. The third kappa shape index (κ3) is 3.56. The zero-order valence-corrected chi connectivity index (χ0v) is 8.34. The van der Waals surface area contributed by atoms with Crippen LogP contribution in [0.5, 0.6) is 0 Å². The van der Waals surface area contributed by atoms with E-state index in [0.29, 0.717) is 6.04 Å². The lowest BCUT2D eigenvalue weighted by Crippen LogP contribution is -2.43. The first kappa shape index (κ1) is 10.9. The Bertz CT molecular complexity index is 143. The summed E-state index contributed by atoms with van der Waals surface area (Å²) in [5.41, 5.74) is 0. The molecule has 0 bridgehead atoms. The predicted octanol–water partition coefficient (Wildman–Crippen LogP) is 1.28. The predicted molar refractivity (Wildman–Crippen MR) is 49.2 cm³/mol. The molecule has 0 N–H and O–H groups in total. The quantitative estimate of drug-likeness (QED) is 0.664. The zero-order chi connectivity index (χ0) is 9.84. The summed E-state index contributed by atoms with van der Waals surface area (Å²) in [7, 11) is 4.10. The Morgan fingerprint density at radius 1 is 1.31 bits per heavy atom. The molecular formula is C9H18F2N2. The van der Waals surface area contributed by atoms with Crippen LogP contribution in [0.4, 0.5) is 8.78 Å². The lowest BCUT2D eigenvalue weighted by Gasteiger charge is -2.34. The standard InChI is InChI=1S/C9H18F2N2/c1-12(2)8-3-5-13(6-4-8)7-9(10)11/h8-9H,3-7H2,1-2H3. The monoisotopic (exact) mass is 192 g/mol. The van der Waals surface area contributed by atoms with Gasteiger partial charge in [-0.2, -0.15) is 0 Å². The number of hydrogen-bond acceptors (Lipinski definition) is 2. The fourth-order valence-corrected chi connectivity index (χ4v) is 1.81. The van der Waals surface area contributed by atoms with Gasteiger partial charge in [0.1, 0.15) is 0 Å². The van der Waals surface area contributed by atoms with Crippen molar-refractivity contribution < 1.29 is 8.78 Å². The second-order valence-electron chi connectivity index (χ2n) is 3.89. The average molecular weight is 192 g/mol. The van der Waals surface area contributed by atoms with Crippen molar-refractivity contribution in [3.8, 4) is 0 Å². The van der Waals surface area contributed by atoms with Crippen LogP contribution in [0.1, 0.15) is 12.8 Å². The van der Waals surface area contributed by atoms with Crippen molar-refractivity contribution in [3.63, 3.8) is 0 Å². The second-order valence-corrected chi connectivity index (χ2v) is 3.89. The van der Waals surface area contributed by atoms with Crippen molar-refractivity contribution in [1.82, 2.24) is 9.80 Å². The van der Waals surface area contributed by atoms with Gasteiger partial charge in [-0.1, -0.05) is 0 Å². The van der Waals surface area contributed by atoms with E-state index in [1.54, 1.807) is 0 Å². The van der Waals surface area contributed by atoms with Crippen LogP contribution in [0.25, 0.3) is 0 Å². The molecule has 0 aromatic rings. The molecule has 1 rings (SSSR count). The molecule has 0 aromatic carbocycles. The molecule has 0 unspecified atom stereocenters. The van der Waals surface area contributed by atoms with Crippen molar-refractivity contribution in [2.24, 2.45) is 0 Å². The van der Waals surface area contributed by atoms with Crippen LogP contribution >= 0.6 is 0 Å². The van der Waals surface area contributed by atoms with E-state index in [0.717, 1.165) is 25.9 Å². The smallest absolute Gasteiger partial charge is 0.251 e. The Kier molecular flexibility index (Phi) is 4.06. The first-order valence-corrected chi connectivity index (χ1v) is 4.76. The normalized spacial score (nSPS) is 21.7. The number of nitrogens with zero attached hydrogens (tertiary/aromatic N) is 2. The summed E-state index contributed by atoms with van der Waals surface area (Å²) >= 11 is 0. The van der Waals surface area contributed by atoms with E-state index in [-0.39, 0.29) is 6.54 Å². The summed E-state index contributed by atoms with van der Waals surface area (Å²) in [5.74, 6) is 0. The van der Waals surface area contributed by atoms with Gasteiger partial charge in [0.15, 0.2) is 0 Å². The number of hydrogen-bond donors (Lipinski definition) is 0. The third-order valence-electron chi connectivity index (χ3n) is 2.68. The fourth-order valence-electron chi connectivity index (χ4n) is 1.81. The maximum Gasteiger partial charge on any atom is 0.251 e. The van der Waals surface area contributed by atoms with Crippen LogP contribution in [-0.2, 0) is 0 Å². The summed E-state index contributed by atoms with van der Waals surface area (Å²) in [4.78, 5) is 4.03. The number of alkyl halides is 2. The van der Waals surface area contributed by atoms with Crippen molar-refractivity contribution in [2.45, 2.75) is 25.3 Å². The number of piperidine rings is 1. The first-order valence-electron chi connectivity index (χ1n) is 4.76. The van der Waals surface area contributed by atoms with Gasteiger partial charge in [-0.3, -0.25) is 4.90 Å². The maximum absolute atomic E-state index is 12.0. The number of halogens is 2. The van der Waals surface area contributed by atoms with Gasteiger partial charge >= 0.3 is 0 Å². The Balaban J connectivity index is 2.22. The van der Waals surface area contributed by atoms with Gasteiger partial charge < -0.3 is 4.90 Å². The molecule has 1 saturated heterocycles. The van der Waals surface area contributed by atoms with Gasteiger partial charge in [-0.05, 0) is 40.0 Å². The molecule has 1 heterocycles. The lowest BCUT2D eigenvalue weighted by atomic mass is 10.0. The SMILES string of the molecule is CN(C)C1CCN(CC(F)F)CC1. The van der Waals surface area contributed by atoms with Crippen molar-refractivity contribution >= 4 is 0 Å². The summed E-state index contributed by atoms with van der Waals surface area (Å²) in [5, 5.41) is 0. The molecule has 1 aliphatic heterocycles. The van der Waals surface area contributed by atoms with E-state index >= 15 is 0 Å². The van der Waals surface area contributed by atoms with Crippen molar-refractivity contribution in [3.05, 3.63) is 0 Å². The highest BCUT2D eigenvalue weighted by molar-refractivity contribution is 4.76. The summed E-state index contributed by atoms with van der Waals surface area (Å²) in [6, 6.07) is 0.578. The molecular weight excluding hydrogens is 174 g/mol. The molecule has 2 nitrogen and oxygen atoms in total. The van der Waals surface area contributed by atoms with E-state index in [1.165, 1.54) is 0 Å². The van der Waals surface area contributed by atoms with Gasteiger partial charge in [0, 0.05) is 6.04 Å². The van der Waals surface area contributed by atoms with E-state index in [1.807, 2.05) is 19.0 Å². The Hall–Kier alpha value is -0.220. The Morgan fingerprint density at radius 3 is 2.23 bits per heavy atom. The van der Waals surface area contributed by atoms with E-state index in [2.05, 4.69) is 4.90 Å². The van der Waals surface area contributed by atoms with E-state index in [4.69, 9.17) is 0 Å². The molecule has 4 heteroatoms. The van der Waals surface area contributed by atoms with Crippen LogP contribution in [0, 0.1) is 0 Å². The van der Waals surface area contributed by atoms with E-state index in [9.17, 15) is 8.78 Å². The minimum atomic E-state index is -2.18. The van der Waals surface area contributed by atoms with Crippen molar-refractivity contribution in [1.29, 1.82) is 0 Å². The molecule has 1 aliphatic rings. The van der Waals surface area contributed by atoms with E-state index < -0.39 is 6.43 Å². The highest BCUT2D eigenvalue weighted by Crippen LogP contribution is 2.14. The molecule has 1 fully saturated rings. The third-order valence-corrected chi connectivity index (χ3v) is 2.68. The largest absolute Gasteiger partial charge is 0.306 e. The topological polar surface area (TPSA) is 6.48 Å². The Morgan fingerprint density at radius 2 is 1.85 bits per heavy atom. The first-order chi connectivity index (χ1) is 6.09. The minimum Gasteiger partial charge on any atom is -0.306 e. The molecule has 13 heavy (non-hydrogen) atoms. The van der Waals surface area contributed by atoms with Crippen LogP contribution in [-0.4, -0.2) is 56.0 Å². The molecule has 0 radical (unpaired) electrons. The summed E-state index contributed by atoms with van der Waals surface area (Å²) < 4.78 is 24.0. The highest BCUT2D eigenvalue weighted by atomic mass is 19.3. The van der Waals surface area contributed by atoms with Gasteiger partial charge in [-0.25, -0.2) is 8.78 Å². The Labute approximate surface area is 78.5 Å². The van der Waals surface area contributed by atoms with Gasteiger partial charge in [0.2, 0.25) is 0 Å². The van der Waals surface area contributed by atoms with Crippen LogP contribution in [0.3, 0.4) is 0 Å². The number of rotatable bonds is 3. The molecule has 0 atom stereocenters. The molecule has 0 aliphatic carbocycles. The molecule has 0 saturated carbocycles. The van der Waals surface area contributed by atoms with Crippen molar-refractivity contribution in [2.75, 3.05) is 33.7 Å². The highest BCUT2D eigenvalue weighted by Gasteiger charge is 2.21. The minimum absolute atomic E-state index is 0.0554. The van der Waals surface area contributed by atoms with Crippen LogP contribution in [0.2, 0.25) is 0 Å².